The minimum atomic E-state index is -0.164. The minimum absolute atomic E-state index is 0.0193. The molecule has 0 aromatic rings. The van der Waals surface area contributed by atoms with Gasteiger partial charge in [-0.2, -0.15) is 0 Å². The highest BCUT2D eigenvalue weighted by atomic mass is 16.5. The van der Waals surface area contributed by atoms with Gasteiger partial charge in [0, 0.05) is 26.2 Å². The Labute approximate surface area is 109 Å². The Bertz CT molecular complexity index is 292. The number of aliphatic hydroxyl groups excluding tert-OH is 1. The van der Waals surface area contributed by atoms with Crippen LogP contribution >= 0.6 is 0 Å². The molecule has 0 saturated carbocycles. The number of carbonyl (C=O) groups is 1. The number of amides is 1. The van der Waals surface area contributed by atoms with E-state index in [0.717, 1.165) is 32.5 Å². The van der Waals surface area contributed by atoms with Gasteiger partial charge in [0.15, 0.2) is 0 Å². The molecule has 1 N–H and O–H groups in total. The Morgan fingerprint density at radius 2 is 2.06 bits per heavy atom. The summed E-state index contributed by atoms with van der Waals surface area (Å²) in [6.07, 6.45) is 2.15. The quantitative estimate of drug-likeness (QED) is 0.777. The molecule has 3 atom stereocenters. The van der Waals surface area contributed by atoms with Gasteiger partial charge in [0.05, 0.1) is 24.9 Å². The molecule has 2 saturated heterocycles. The SMILES string of the molecule is CC1CN(C(C)C(=O)N2CCCC2)CC(CO)O1. The molecule has 0 bridgehead atoms. The molecule has 0 spiro atoms. The molecule has 0 aliphatic carbocycles. The van der Waals surface area contributed by atoms with E-state index in [4.69, 9.17) is 4.74 Å². The molecular weight excluding hydrogens is 232 g/mol. The number of rotatable bonds is 3. The van der Waals surface area contributed by atoms with Gasteiger partial charge in [0.1, 0.15) is 0 Å². The second-order valence-electron chi connectivity index (χ2n) is 5.41. The molecule has 104 valence electrons. The van der Waals surface area contributed by atoms with Gasteiger partial charge in [-0.1, -0.05) is 0 Å². The Balaban J connectivity index is 1.94. The van der Waals surface area contributed by atoms with Crippen molar-refractivity contribution < 1.29 is 14.6 Å². The van der Waals surface area contributed by atoms with Crippen molar-refractivity contribution in [3.8, 4) is 0 Å². The minimum Gasteiger partial charge on any atom is -0.394 e. The summed E-state index contributed by atoms with van der Waals surface area (Å²) in [5.74, 6) is 0.221. The van der Waals surface area contributed by atoms with E-state index >= 15 is 0 Å². The summed E-state index contributed by atoms with van der Waals surface area (Å²) in [5.41, 5.74) is 0. The molecule has 2 heterocycles. The Morgan fingerprint density at radius 1 is 1.39 bits per heavy atom. The van der Waals surface area contributed by atoms with Crippen LogP contribution in [0.25, 0.3) is 0 Å². The third-order valence-electron chi connectivity index (χ3n) is 3.88. The van der Waals surface area contributed by atoms with Crippen LogP contribution in [-0.2, 0) is 9.53 Å². The van der Waals surface area contributed by atoms with Crippen molar-refractivity contribution in [2.75, 3.05) is 32.8 Å². The van der Waals surface area contributed by atoms with E-state index in [2.05, 4.69) is 4.90 Å². The maximum absolute atomic E-state index is 12.3. The summed E-state index contributed by atoms with van der Waals surface area (Å²) in [7, 11) is 0. The fourth-order valence-corrected chi connectivity index (χ4v) is 2.86. The van der Waals surface area contributed by atoms with Crippen molar-refractivity contribution >= 4 is 5.91 Å². The largest absolute Gasteiger partial charge is 0.394 e. The third-order valence-corrected chi connectivity index (χ3v) is 3.88. The van der Waals surface area contributed by atoms with Crippen molar-refractivity contribution in [3.63, 3.8) is 0 Å². The molecule has 2 fully saturated rings. The molecule has 5 nitrogen and oxygen atoms in total. The van der Waals surface area contributed by atoms with Gasteiger partial charge >= 0.3 is 0 Å². The molecule has 2 rings (SSSR count). The molecule has 2 aliphatic heterocycles. The van der Waals surface area contributed by atoms with Crippen LogP contribution in [0, 0.1) is 0 Å². The van der Waals surface area contributed by atoms with Crippen LogP contribution in [0.15, 0.2) is 0 Å². The molecule has 5 heteroatoms. The fourth-order valence-electron chi connectivity index (χ4n) is 2.86. The highest BCUT2D eigenvalue weighted by Gasteiger charge is 2.33. The number of nitrogens with zero attached hydrogens (tertiary/aromatic N) is 2. The van der Waals surface area contributed by atoms with Crippen molar-refractivity contribution in [2.24, 2.45) is 0 Å². The zero-order valence-corrected chi connectivity index (χ0v) is 11.3. The summed E-state index contributed by atoms with van der Waals surface area (Å²) in [4.78, 5) is 16.4. The van der Waals surface area contributed by atoms with Crippen molar-refractivity contribution in [1.29, 1.82) is 0 Å². The number of aliphatic hydroxyl groups is 1. The first-order valence-electron chi connectivity index (χ1n) is 6.91. The van der Waals surface area contributed by atoms with Gasteiger partial charge in [-0.3, -0.25) is 9.69 Å². The maximum atomic E-state index is 12.3. The molecule has 2 aliphatic rings. The predicted molar refractivity (Wildman–Crippen MR) is 68.3 cm³/mol. The average molecular weight is 256 g/mol. The van der Waals surface area contributed by atoms with Crippen LogP contribution in [-0.4, -0.2) is 71.8 Å². The van der Waals surface area contributed by atoms with Gasteiger partial charge in [-0.25, -0.2) is 0 Å². The monoisotopic (exact) mass is 256 g/mol. The Morgan fingerprint density at radius 3 is 2.67 bits per heavy atom. The van der Waals surface area contributed by atoms with Crippen molar-refractivity contribution in [2.45, 2.75) is 44.9 Å². The van der Waals surface area contributed by atoms with Crippen molar-refractivity contribution in [1.82, 2.24) is 9.80 Å². The van der Waals surface area contributed by atoms with Crippen LogP contribution in [0.2, 0.25) is 0 Å². The molecular formula is C13H24N2O3. The zero-order chi connectivity index (χ0) is 13.1. The van der Waals surface area contributed by atoms with E-state index < -0.39 is 0 Å². The van der Waals surface area contributed by atoms with E-state index in [9.17, 15) is 9.90 Å². The summed E-state index contributed by atoms with van der Waals surface area (Å²) >= 11 is 0. The summed E-state index contributed by atoms with van der Waals surface area (Å²) in [5, 5.41) is 9.21. The number of hydrogen-bond donors (Lipinski definition) is 1. The lowest BCUT2D eigenvalue weighted by Crippen LogP contribution is -2.55. The van der Waals surface area contributed by atoms with E-state index in [1.807, 2.05) is 18.7 Å². The second-order valence-corrected chi connectivity index (χ2v) is 5.41. The molecule has 1 amide bonds. The zero-order valence-electron chi connectivity index (χ0n) is 11.3. The standard InChI is InChI=1S/C13H24N2O3/c1-10-7-15(8-12(9-16)18-10)11(2)13(17)14-5-3-4-6-14/h10-12,16H,3-9H2,1-2H3. The highest BCUT2D eigenvalue weighted by Crippen LogP contribution is 2.17. The second kappa shape index (κ2) is 5.99. The Kier molecular flexibility index (Phi) is 4.59. The first-order chi connectivity index (χ1) is 8.61. The number of likely N-dealkylation sites (tertiary alicyclic amines) is 1. The Hall–Kier alpha value is -0.650. The maximum Gasteiger partial charge on any atom is 0.239 e. The lowest BCUT2D eigenvalue weighted by molar-refractivity contribution is -0.143. The van der Waals surface area contributed by atoms with Gasteiger partial charge < -0.3 is 14.7 Å². The van der Waals surface area contributed by atoms with Gasteiger partial charge in [-0.15, -0.1) is 0 Å². The lowest BCUT2D eigenvalue weighted by Gasteiger charge is -2.39. The van der Waals surface area contributed by atoms with Crippen LogP contribution in [0.1, 0.15) is 26.7 Å². The number of hydrogen-bond acceptors (Lipinski definition) is 4. The van der Waals surface area contributed by atoms with Crippen LogP contribution < -0.4 is 0 Å². The predicted octanol–water partition coefficient (Wildman–Crippen LogP) is 0.0789. The fraction of sp³-hybridized carbons (Fsp3) is 0.923. The van der Waals surface area contributed by atoms with E-state index in [-0.39, 0.29) is 30.8 Å². The van der Waals surface area contributed by atoms with E-state index in [1.54, 1.807) is 0 Å². The molecule has 0 aromatic carbocycles. The topological polar surface area (TPSA) is 53.0 Å². The lowest BCUT2D eigenvalue weighted by atomic mass is 10.1. The normalized spacial score (nSPS) is 31.6. The highest BCUT2D eigenvalue weighted by molar-refractivity contribution is 5.81. The first kappa shape index (κ1) is 13.8. The third kappa shape index (κ3) is 3.02. The van der Waals surface area contributed by atoms with Gasteiger partial charge in [-0.05, 0) is 26.7 Å². The average Bonchev–Trinajstić information content (AvgIpc) is 2.90. The summed E-state index contributed by atoms with van der Waals surface area (Å²) in [6.45, 7) is 7.16. The van der Waals surface area contributed by atoms with E-state index in [0.29, 0.717) is 6.54 Å². The molecule has 0 aromatic heterocycles. The van der Waals surface area contributed by atoms with Crippen LogP contribution in [0.3, 0.4) is 0 Å². The number of carbonyl (C=O) groups excluding carboxylic acids is 1. The first-order valence-corrected chi connectivity index (χ1v) is 6.91. The van der Waals surface area contributed by atoms with Gasteiger partial charge in [0.25, 0.3) is 0 Å². The smallest absolute Gasteiger partial charge is 0.239 e. The number of morpholine rings is 1. The molecule has 18 heavy (non-hydrogen) atoms. The summed E-state index contributed by atoms with van der Waals surface area (Å²) in [6, 6.07) is -0.108. The number of ether oxygens (including phenoxy) is 1. The molecule has 0 radical (unpaired) electrons. The summed E-state index contributed by atoms with van der Waals surface area (Å²) < 4.78 is 5.60. The van der Waals surface area contributed by atoms with E-state index in [1.165, 1.54) is 0 Å². The van der Waals surface area contributed by atoms with Gasteiger partial charge in [0.2, 0.25) is 5.91 Å². The van der Waals surface area contributed by atoms with Crippen LogP contribution in [0.5, 0.6) is 0 Å². The van der Waals surface area contributed by atoms with Crippen LogP contribution in [0.4, 0.5) is 0 Å². The van der Waals surface area contributed by atoms with Crippen molar-refractivity contribution in [3.05, 3.63) is 0 Å². The molecule has 3 unspecified atom stereocenters.